The predicted molar refractivity (Wildman–Crippen MR) is 76.9 cm³/mol. The largest absolute Gasteiger partial charge is 0.327 e. The van der Waals surface area contributed by atoms with Gasteiger partial charge >= 0.3 is 0 Å². The number of hydrogen-bond acceptors (Lipinski definition) is 1. The molecule has 1 aliphatic carbocycles. The lowest BCUT2D eigenvalue weighted by atomic mass is 9.75. The lowest BCUT2D eigenvalue weighted by molar-refractivity contribution is 0.227. The third-order valence-corrected chi connectivity index (χ3v) is 4.94. The number of halogens is 1. The Balaban J connectivity index is 2.04. The summed E-state index contributed by atoms with van der Waals surface area (Å²) in [6.07, 6.45) is 6.26. The first kappa shape index (κ1) is 13.1. The molecule has 2 rings (SSSR count). The van der Waals surface area contributed by atoms with Gasteiger partial charge in [-0.15, -0.1) is 0 Å². The van der Waals surface area contributed by atoms with Gasteiger partial charge in [0.1, 0.15) is 0 Å². The average Bonchev–Trinajstić information content (AvgIpc) is 2.35. The summed E-state index contributed by atoms with van der Waals surface area (Å²) in [5.74, 6) is 1.55. The van der Waals surface area contributed by atoms with Crippen molar-refractivity contribution < 1.29 is 0 Å². The first-order valence-electron chi connectivity index (χ1n) is 6.69. The smallest absolute Gasteiger partial charge is 0.0207 e. The van der Waals surface area contributed by atoms with Crippen LogP contribution in [0.15, 0.2) is 28.7 Å². The molecular formula is C15H22BrN. The summed E-state index contributed by atoms with van der Waals surface area (Å²) < 4.78 is 1.23. The van der Waals surface area contributed by atoms with Crippen molar-refractivity contribution in [2.45, 2.75) is 45.1 Å². The van der Waals surface area contributed by atoms with Gasteiger partial charge in [0.2, 0.25) is 0 Å². The standard InChI is InChI=1S/C15H22BrN/c1-2-11-7-8-15(17)13(9-11)10-12-5-3-4-6-14(12)16/h3-6,11,13,15H,2,7-10,17H2,1H3. The Morgan fingerprint density at radius 1 is 1.29 bits per heavy atom. The minimum absolute atomic E-state index is 0.393. The summed E-state index contributed by atoms with van der Waals surface area (Å²) in [5, 5.41) is 0. The van der Waals surface area contributed by atoms with Crippen molar-refractivity contribution in [3.05, 3.63) is 34.3 Å². The minimum atomic E-state index is 0.393. The van der Waals surface area contributed by atoms with Gasteiger partial charge in [-0.25, -0.2) is 0 Å². The quantitative estimate of drug-likeness (QED) is 0.891. The summed E-state index contributed by atoms with van der Waals surface area (Å²) in [5.41, 5.74) is 7.69. The summed E-state index contributed by atoms with van der Waals surface area (Å²) in [7, 11) is 0. The van der Waals surface area contributed by atoms with Gasteiger partial charge < -0.3 is 5.73 Å². The van der Waals surface area contributed by atoms with Gasteiger partial charge in [0, 0.05) is 10.5 Å². The Hall–Kier alpha value is -0.340. The highest BCUT2D eigenvalue weighted by atomic mass is 79.9. The van der Waals surface area contributed by atoms with Crippen molar-refractivity contribution in [2.75, 3.05) is 0 Å². The van der Waals surface area contributed by atoms with E-state index in [2.05, 4.69) is 47.1 Å². The molecule has 1 aromatic rings. The van der Waals surface area contributed by atoms with Crippen LogP contribution in [0.5, 0.6) is 0 Å². The molecule has 2 heteroatoms. The molecule has 0 bridgehead atoms. The molecule has 0 aromatic heterocycles. The van der Waals surface area contributed by atoms with Crippen molar-refractivity contribution in [3.63, 3.8) is 0 Å². The van der Waals surface area contributed by atoms with E-state index in [1.807, 2.05) is 0 Å². The Kier molecular flexibility index (Phi) is 4.63. The highest BCUT2D eigenvalue weighted by Gasteiger charge is 2.27. The molecule has 2 N–H and O–H groups in total. The van der Waals surface area contributed by atoms with Gasteiger partial charge in [-0.2, -0.15) is 0 Å². The van der Waals surface area contributed by atoms with Crippen molar-refractivity contribution in [1.29, 1.82) is 0 Å². The van der Waals surface area contributed by atoms with Gasteiger partial charge in [-0.1, -0.05) is 47.5 Å². The van der Waals surface area contributed by atoms with Crippen LogP contribution in [-0.4, -0.2) is 6.04 Å². The highest BCUT2D eigenvalue weighted by Crippen LogP contribution is 2.33. The minimum Gasteiger partial charge on any atom is -0.327 e. The van der Waals surface area contributed by atoms with E-state index in [0.29, 0.717) is 12.0 Å². The fourth-order valence-electron chi connectivity index (χ4n) is 2.94. The Labute approximate surface area is 113 Å². The fraction of sp³-hybridized carbons (Fsp3) is 0.600. The second kappa shape index (κ2) is 6.01. The molecule has 0 radical (unpaired) electrons. The predicted octanol–water partition coefficient (Wildman–Crippen LogP) is 4.15. The fourth-order valence-corrected chi connectivity index (χ4v) is 3.38. The zero-order valence-corrected chi connectivity index (χ0v) is 12.1. The van der Waals surface area contributed by atoms with Crippen LogP contribution in [0.25, 0.3) is 0 Å². The van der Waals surface area contributed by atoms with Crippen LogP contribution < -0.4 is 5.73 Å². The normalized spacial score (nSPS) is 29.2. The summed E-state index contributed by atoms with van der Waals surface area (Å²) in [6, 6.07) is 8.92. The third kappa shape index (κ3) is 3.32. The van der Waals surface area contributed by atoms with Crippen LogP contribution in [-0.2, 0) is 6.42 Å². The molecule has 1 aliphatic rings. The Morgan fingerprint density at radius 3 is 2.76 bits per heavy atom. The van der Waals surface area contributed by atoms with Gasteiger partial charge in [0.25, 0.3) is 0 Å². The molecule has 3 atom stereocenters. The second-order valence-corrected chi connectivity index (χ2v) is 6.16. The molecule has 1 aromatic carbocycles. The van der Waals surface area contributed by atoms with E-state index >= 15 is 0 Å². The summed E-state index contributed by atoms with van der Waals surface area (Å²) >= 11 is 3.63. The monoisotopic (exact) mass is 295 g/mol. The molecule has 1 nitrogen and oxygen atoms in total. The topological polar surface area (TPSA) is 26.0 Å². The zero-order chi connectivity index (χ0) is 12.3. The van der Waals surface area contributed by atoms with Crippen molar-refractivity contribution in [1.82, 2.24) is 0 Å². The molecule has 0 aliphatic heterocycles. The summed E-state index contributed by atoms with van der Waals surface area (Å²) in [6.45, 7) is 2.30. The van der Waals surface area contributed by atoms with Crippen LogP contribution in [0, 0.1) is 11.8 Å². The van der Waals surface area contributed by atoms with Crippen molar-refractivity contribution in [2.24, 2.45) is 17.6 Å². The van der Waals surface area contributed by atoms with Crippen molar-refractivity contribution in [3.8, 4) is 0 Å². The van der Waals surface area contributed by atoms with Gasteiger partial charge in [-0.05, 0) is 49.1 Å². The van der Waals surface area contributed by atoms with E-state index in [4.69, 9.17) is 5.73 Å². The number of hydrogen-bond donors (Lipinski definition) is 1. The number of nitrogens with two attached hydrogens (primary N) is 1. The molecular weight excluding hydrogens is 274 g/mol. The number of benzene rings is 1. The maximum absolute atomic E-state index is 6.28. The zero-order valence-electron chi connectivity index (χ0n) is 10.5. The first-order valence-corrected chi connectivity index (χ1v) is 7.49. The molecule has 0 heterocycles. The molecule has 1 saturated carbocycles. The maximum atomic E-state index is 6.28. The van der Waals surface area contributed by atoms with Crippen LogP contribution in [0.3, 0.4) is 0 Å². The van der Waals surface area contributed by atoms with Gasteiger partial charge in [0.15, 0.2) is 0 Å². The van der Waals surface area contributed by atoms with Crippen molar-refractivity contribution >= 4 is 15.9 Å². The van der Waals surface area contributed by atoms with E-state index in [9.17, 15) is 0 Å². The molecule has 17 heavy (non-hydrogen) atoms. The van der Waals surface area contributed by atoms with E-state index < -0.39 is 0 Å². The Bertz CT molecular complexity index is 364. The maximum Gasteiger partial charge on any atom is 0.0207 e. The molecule has 94 valence electrons. The summed E-state index contributed by atoms with van der Waals surface area (Å²) in [4.78, 5) is 0. The molecule has 0 amide bonds. The van der Waals surface area contributed by atoms with E-state index in [-0.39, 0.29) is 0 Å². The van der Waals surface area contributed by atoms with Crippen LogP contribution in [0.1, 0.15) is 38.2 Å². The van der Waals surface area contributed by atoms with Crippen LogP contribution >= 0.6 is 15.9 Å². The first-order chi connectivity index (χ1) is 8.20. The lowest BCUT2D eigenvalue weighted by Gasteiger charge is -2.34. The highest BCUT2D eigenvalue weighted by molar-refractivity contribution is 9.10. The van der Waals surface area contributed by atoms with E-state index in [1.54, 1.807) is 0 Å². The molecule has 0 spiro atoms. The molecule has 0 saturated heterocycles. The number of rotatable bonds is 3. The van der Waals surface area contributed by atoms with Gasteiger partial charge in [0.05, 0.1) is 0 Å². The third-order valence-electron chi connectivity index (χ3n) is 4.17. The molecule has 3 unspecified atom stereocenters. The van der Waals surface area contributed by atoms with Crippen LogP contribution in [0.4, 0.5) is 0 Å². The average molecular weight is 296 g/mol. The molecule has 1 fully saturated rings. The SMILES string of the molecule is CCC1CCC(N)C(Cc2ccccc2Br)C1. The lowest BCUT2D eigenvalue weighted by Crippen LogP contribution is -2.37. The second-order valence-electron chi connectivity index (χ2n) is 5.31. The van der Waals surface area contributed by atoms with Gasteiger partial charge in [-0.3, -0.25) is 0 Å². The van der Waals surface area contributed by atoms with E-state index in [1.165, 1.54) is 35.7 Å². The Morgan fingerprint density at radius 2 is 2.06 bits per heavy atom. The van der Waals surface area contributed by atoms with Crippen LogP contribution in [0.2, 0.25) is 0 Å². The van der Waals surface area contributed by atoms with E-state index in [0.717, 1.165) is 12.3 Å².